The standard InChI is InChI=1S/C12H18ClNS/c1-3-14-11(9-5-4-6-9)10-7-8(2)12(13)15-10/h7,9,11,14H,3-6H2,1-2H3. The molecule has 1 fully saturated rings. The van der Waals surface area contributed by atoms with Gasteiger partial charge in [0, 0.05) is 10.9 Å². The minimum Gasteiger partial charge on any atom is -0.309 e. The van der Waals surface area contributed by atoms with E-state index in [1.54, 1.807) is 11.3 Å². The molecule has 2 rings (SSSR count). The Kier molecular flexibility index (Phi) is 3.70. The Balaban J connectivity index is 2.15. The van der Waals surface area contributed by atoms with Crippen LogP contribution in [0.5, 0.6) is 0 Å². The van der Waals surface area contributed by atoms with Gasteiger partial charge < -0.3 is 5.32 Å². The van der Waals surface area contributed by atoms with Crippen LogP contribution in [0.1, 0.15) is 42.7 Å². The molecule has 1 aliphatic rings. The molecule has 0 bridgehead atoms. The number of hydrogen-bond acceptors (Lipinski definition) is 2. The molecule has 1 aromatic heterocycles. The molecule has 0 saturated heterocycles. The highest BCUT2D eigenvalue weighted by atomic mass is 35.5. The normalized spacial score (nSPS) is 18.9. The van der Waals surface area contributed by atoms with Crippen LogP contribution in [0.2, 0.25) is 4.34 Å². The molecule has 1 saturated carbocycles. The summed E-state index contributed by atoms with van der Waals surface area (Å²) in [5.74, 6) is 0.832. The van der Waals surface area contributed by atoms with Gasteiger partial charge in [-0.3, -0.25) is 0 Å². The first-order valence-corrected chi connectivity index (χ1v) is 6.91. The van der Waals surface area contributed by atoms with Gasteiger partial charge in [-0.05, 0) is 43.9 Å². The lowest BCUT2D eigenvalue weighted by atomic mass is 9.79. The van der Waals surface area contributed by atoms with Gasteiger partial charge in [-0.1, -0.05) is 24.9 Å². The zero-order chi connectivity index (χ0) is 10.8. The van der Waals surface area contributed by atoms with E-state index in [4.69, 9.17) is 11.6 Å². The molecular formula is C12H18ClNS. The SMILES string of the molecule is CCNC(c1cc(C)c(Cl)s1)C1CCC1. The first-order chi connectivity index (χ1) is 7.22. The Morgan fingerprint density at radius 3 is 2.73 bits per heavy atom. The van der Waals surface area contributed by atoms with E-state index in [2.05, 4.69) is 25.2 Å². The van der Waals surface area contributed by atoms with Gasteiger partial charge in [0.05, 0.1) is 4.34 Å². The molecule has 1 aliphatic carbocycles. The highest BCUT2D eigenvalue weighted by molar-refractivity contribution is 7.16. The van der Waals surface area contributed by atoms with Crippen LogP contribution in [0, 0.1) is 12.8 Å². The van der Waals surface area contributed by atoms with E-state index in [0.29, 0.717) is 6.04 Å². The molecule has 1 atom stereocenters. The minimum atomic E-state index is 0.542. The molecule has 0 aliphatic heterocycles. The van der Waals surface area contributed by atoms with E-state index in [0.717, 1.165) is 16.8 Å². The third kappa shape index (κ3) is 2.38. The number of rotatable bonds is 4. The first-order valence-electron chi connectivity index (χ1n) is 5.71. The Hall–Kier alpha value is -0.0500. The molecule has 0 amide bonds. The van der Waals surface area contributed by atoms with Gasteiger partial charge in [0.25, 0.3) is 0 Å². The van der Waals surface area contributed by atoms with Crippen LogP contribution in [0.25, 0.3) is 0 Å². The summed E-state index contributed by atoms with van der Waals surface area (Å²) in [5, 5.41) is 3.59. The van der Waals surface area contributed by atoms with Crippen molar-refractivity contribution in [1.29, 1.82) is 0 Å². The zero-order valence-electron chi connectivity index (χ0n) is 9.35. The lowest BCUT2D eigenvalue weighted by Gasteiger charge is -2.33. The van der Waals surface area contributed by atoms with Gasteiger partial charge in [0.2, 0.25) is 0 Å². The van der Waals surface area contributed by atoms with E-state index in [9.17, 15) is 0 Å². The third-order valence-corrected chi connectivity index (χ3v) is 4.87. The molecule has 0 radical (unpaired) electrons. The number of halogens is 1. The Bertz CT molecular complexity index is 311. The fraction of sp³-hybridized carbons (Fsp3) is 0.667. The highest BCUT2D eigenvalue weighted by Crippen LogP contribution is 2.41. The Morgan fingerprint density at radius 1 is 1.60 bits per heavy atom. The van der Waals surface area contributed by atoms with Crippen LogP contribution >= 0.6 is 22.9 Å². The van der Waals surface area contributed by atoms with Crippen molar-refractivity contribution in [2.45, 2.75) is 39.2 Å². The van der Waals surface area contributed by atoms with Gasteiger partial charge in [0.1, 0.15) is 0 Å². The number of thiophene rings is 1. The monoisotopic (exact) mass is 243 g/mol. The molecule has 1 N–H and O–H groups in total. The van der Waals surface area contributed by atoms with Crippen molar-refractivity contribution in [2.24, 2.45) is 5.92 Å². The second kappa shape index (κ2) is 4.86. The molecule has 0 aromatic carbocycles. The topological polar surface area (TPSA) is 12.0 Å². The van der Waals surface area contributed by atoms with Crippen molar-refractivity contribution in [3.63, 3.8) is 0 Å². The summed E-state index contributed by atoms with van der Waals surface area (Å²) < 4.78 is 0.951. The average Bonchev–Trinajstić information content (AvgIpc) is 2.43. The lowest BCUT2D eigenvalue weighted by molar-refractivity contribution is 0.236. The van der Waals surface area contributed by atoms with Gasteiger partial charge in [-0.15, -0.1) is 11.3 Å². The van der Waals surface area contributed by atoms with Gasteiger partial charge in [0.15, 0.2) is 0 Å². The fourth-order valence-corrected chi connectivity index (χ4v) is 3.52. The molecule has 3 heteroatoms. The van der Waals surface area contributed by atoms with E-state index in [1.807, 2.05) is 0 Å². The summed E-state index contributed by atoms with van der Waals surface area (Å²) in [6, 6.07) is 2.79. The molecular weight excluding hydrogens is 226 g/mol. The van der Waals surface area contributed by atoms with Crippen LogP contribution in [-0.4, -0.2) is 6.54 Å². The summed E-state index contributed by atoms with van der Waals surface area (Å²) in [6.07, 6.45) is 4.13. The van der Waals surface area contributed by atoms with Gasteiger partial charge >= 0.3 is 0 Å². The molecule has 1 unspecified atom stereocenters. The van der Waals surface area contributed by atoms with Crippen molar-refractivity contribution in [2.75, 3.05) is 6.54 Å². The summed E-state index contributed by atoms with van der Waals surface area (Å²) in [6.45, 7) is 5.30. The van der Waals surface area contributed by atoms with Crippen LogP contribution in [0.15, 0.2) is 6.07 Å². The number of nitrogens with one attached hydrogen (secondary N) is 1. The predicted octanol–water partition coefficient (Wildman–Crippen LogP) is 4.16. The zero-order valence-corrected chi connectivity index (χ0v) is 10.9. The van der Waals surface area contributed by atoms with E-state index >= 15 is 0 Å². The van der Waals surface area contributed by atoms with Crippen LogP contribution in [0.4, 0.5) is 0 Å². The van der Waals surface area contributed by atoms with Crippen LogP contribution in [-0.2, 0) is 0 Å². The predicted molar refractivity (Wildman–Crippen MR) is 67.8 cm³/mol. The molecule has 84 valence electrons. The van der Waals surface area contributed by atoms with E-state index in [-0.39, 0.29) is 0 Å². The molecule has 1 nitrogen and oxygen atoms in total. The first kappa shape index (κ1) is 11.4. The van der Waals surface area contributed by atoms with E-state index in [1.165, 1.54) is 29.7 Å². The van der Waals surface area contributed by atoms with Gasteiger partial charge in [-0.2, -0.15) is 0 Å². The van der Waals surface area contributed by atoms with Crippen molar-refractivity contribution >= 4 is 22.9 Å². The van der Waals surface area contributed by atoms with Crippen molar-refractivity contribution in [3.05, 3.63) is 20.8 Å². The van der Waals surface area contributed by atoms with Gasteiger partial charge in [-0.25, -0.2) is 0 Å². The maximum absolute atomic E-state index is 6.13. The lowest BCUT2D eigenvalue weighted by Crippen LogP contribution is -2.31. The van der Waals surface area contributed by atoms with Crippen molar-refractivity contribution < 1.29 is 0 Å². The second-order valence-electron chi connectivity index (χ2n) is 4.33. The average molecular weight is 244 g/mol. The summed E-state index contributed by atoms with van der Waals surface area (Å²) in [5.41, 5.74) is 1.22. The highest BCUT2D eigenvalue weighted by Gasteiger charge is 2.29. The van der Waals surface area contributed by atoms with E-state index < -0.39 is 0 Å². The summed E-state index contributed by atoms with van der Waals surface area (Å²) in [4.78, 5) is 1.42. The number of hydrogen-bond donors (Lipinski definition) is 1. The molecule has 15 heavy (non-hydrogen) atoms. The largest absolute Gasteiger partial charge is 0.309 e. The minimum absolute atomic E-state index is 0.542. The number of aryl methyl sites for hydroxylation is 1. The second-order valence-corrected chi connectivity index (χ2v) is 6.02. The van der Waals surface area contributed by atoms with Crippen LogP contribution < -0.4 is 5.32 Å². The third-order valence-electron chi connectivity index (χ3n) is 3.23. The fourth-order valence-electron chi connectivity index (χ4n) is 2.13. The summed E-state index contributed by atoms with van der Waals surface area (Å²) >= 11 is 7.87. The Morgan fingerprint density at radius 2 is 2.33 bits per heavy atom. The van der Waals surface area contributed by atoms with Crippen molar-refractivity contribution in [1.82, 2.24) is 5.32 Å². The molecule has 1 aromatic rings. The molecule has 0 spiro atoms. The maximum Gasteiger partial charge on any atom is 0.0960 e. The smallest absolute Gasteiger partial charge is 0.0960 e. The van der Waals surface area contributed by atoms with Crippen LogP contribution in [0.3, 0.4) is 0 Å². The quantitative estimate of drug-likeness (QED) is 0.838. The Labute approximate surface area is 101 Å². The molecule has 1 heterocycles. The summed E-state index contributed by atoms with van der Waals surface area (Å²) in [7, 11) is 0. The maximum atomic E-state index is 6.13. The van der Waals surface area contributed by atoms with Crippen molar-refractivity contribution in [3.8, 4) is 0 Å².